The van der Waals surface area contributed by atoms with Gasteiger partial charge >= 0.3 is 0 Å². The number of benzene rings is 1. The zero-order valence-corrected chi connectivity index (χ0v) is 15.9. The molecule has 1 fully saturated rings. The van der Waals surface area contributed by atoms with E-state index in [1.165, 1.54) is 42.5 Å². The van der Waals surface area contributed by atoms with Crippen LogP contribution in [0.5, 0.6) is 0 Å². The molecular weight excluding hydrogens is 346 g/mol. The minimum Gasteiger partial charge on any atom is -0.303 e. The number of aromatic nitrogens is 3. The molecule has 1 aromatic carbocycles. The van der Waals surface area contributed by atoms with E-state index in [4.69, 9.17) is 0 Å². The van der Waals surface area contributed by atoms with E-state index in [1.807, 2.05) is 11.8 Å². The van der Waals surface area contributed by atoms with Crippen molar-refractivity contribution < 1.29 is 0 Å². The Balaban J connectivity index is 1.57. The van der Waals surface area contributed by atoms with Crippen LogP contribution in [0.15, 0.2) is 53.0 Å². The SMILES string of the molecule is c1ccc(CSc2nnc(Cc3cccs3)n2C2CCCCC2)cc1. The van der Waals surface area contributed by atoms with E-state index >= 15 is 0 Å². The van der Waals surface area contributed by atoms with E-state index in [0.29, 0.717) is 6.04 Å². The lowest BCUT2D eigenvalue weighted by Crippen LogP contribution is -2.16. The van der Waals surface area contributed by atoms with Crippen molar-refractivity contribution in [3.05, 3.63) is 64.1 Å². The molecule has 0 bridgehead atoms. The van der Waals surface area contributed by atoms with Crippen LogP contribution in [0.3, 0.4) is 0 Å². The molecule has 1 saturated carbocycles. The Morgan fingerprint density at radius 2 is 1.84 bits per heavy atom. The maximum absolute atomic E-state index is 4.58. The lowest BCUT2D eigenvalue weighted by molar-refractivity contribution is 0.330. The third-order valence-corrected chi connectivity index (χ3v) is 6.69. The number of rotatable bonds is 6. The Hall–Kier alpha value is -1.59. The van der Waals surface area contributed by atoms with Crippen LogP contribution in [-0.4, -0.2) is 14.8 Å². The van der Waals surface area contributed by atoms with E-state index in [2.05, 4.69) is 62.6 Å². The van der Waals surface area contributed by atoms with Crippen molar-refractivity contribution in [2.45, 2.75) is 55.5 Å². The Bertz CT molecular complexity index is 775. The second kappa shape index (κ2) is 8.19. The molecule has 0 atom stereocenters. The highest BCUT2D eigenvalue weighted by Crippen LogP contribution is 2.34. The summed E-state index contributed by atoms with van der Waals surface area (Å²) in [5, 5.41) is 12.4. The van der Waals surface area contributed by atoms with Gasteiger partial charge in [-0.2, -0.15) is 0 Å². The summed E-state index contributed by atoms with van der Waals surface area (Å²) >= 11 is 3.62. The van der Waals surface area contributed by atoms with Crippen molar-refractivity contribution in [2.75, 3.05) is 0 Å². The van der Waals surface area contributed by atoms with Crippen LogP contribution in [0.1, 0.15) is 54.4 Å². The van der Waals surface area contributed by atoms with E-state index in [1.54, 1.807) is 11.3 Å². The Kier molecular flexibility index (Phi) is 5.52. The van der Waals surface area contributed by atoms with Crippen molar-refractivity contribution >= 4 is 23.1 Å². The van der Waals surface area contributed by atoms with Gasteiger partial charge in [0.05, 0.1) is 0 Å². The molecule has 4 rings (SSSR count). The molecule has 5 heteroatoms. The molecule has 0 unspecified atom stereocenters. The molecule has 0 saturated heterocycles. The van der Waals surface area contributed by atoms with Gasteiger partial charge in [0.1, 0.15) is 5.82 Å². The fraction of sp³-hybridized carbons (Fsp3) is 0.400. The molecule has 0 amide bonds. The molecule has 0 spiro atoms. The highest BCUT2D eigenvalue weighted by Gasteiger charge is 2.23. The van der Waals surface area contributed by atoms with Gasteiger partial charge in [0.2, 0.25) is 0 Å². The zero-order chi connectivity index (χ0) is 16.9. The van der Waals surface area contributed by atoms with Crippen LogP contribution >= 0.6 is 23.1 Å². The van der Waals surface area contributed by atoms with Gasteiger partial charge in [-0.15, -0.1) is 21.5 Å². The summed E-state index contributed by atoms with van der Waals surface area (Å²) in [5.41, 5.74) is 1.34. The fourth-order valence-corrected chi connectivity index (χ4v) is 5.21. The van der Waals surface area contributed by atoms with Gasteiger partial charge in [0.15, 0.2) is 5.16 Å². The minimum absolute atomic E-state index is 0.567. The number of hydrogen-bond acceptors (Lipinski definition) is 4. The maximum atomic E-state index is 4.58. The summed E-state index contributed by atoms with van der Waals surface area (Å²) in [5.74, 6) is 2.08. The molecule has 3 nitrogen and oxygen atoms in total. The molecule has 130 valence electrons. The maximum Gasteiger partial charge on any atom is 0.191 e. The first-order valence-electron chi connectivity index (χ1n) is 9.03. The number of thioether (sulfide) groups is 1. The second-order valence-electron chi connectivity index (χ2n) is 6.59. The van der Waals surface area contributed by atoms with Crippen LogP contribution in [0.25, 0.3) is 0 Å². The first-order valence-corrected chi connectivity index (χ1v) is 10.9. The highest BCUT2D eigenvalue weighted by atomic mass is 32.2. The van der Waals surface area contributed by atoms with Crippen LogP contribution < -0.4 is 0 Å². The van der Waals surface area contributed by atoms with E-state index < -0.39 is 0 Å². The summed E-state index contributed by atoms with van der Waals surface area (Å²) in [7, 11) is 0. The van der Waals surface area contributed by atoms with Crippen molar-refractivity contribution in [1.29, 1.82) is 0 Å². The van der Waals surface area contributed by atoms with Gasteiger partial charge < -0.3 is 4.57 Å². The van der Waals surface area contributed by atoms with Crippen LogP contribution in [-0.2, 0) is 12.2 Å². The second-order valence-corrected chi connectivity index (χ2v) is 8.57. The third-order valence-electron chi connectivity index (χ3n) is 4.80. The lowest BCUT2D eigenvalue weighted by atomic mass is 9.95. The van der Waals surface area contributed by atoms with Crippen LogP contribution in [0, 0.1) is 0 Å². The molecule has 0 aliphatic heterocycles. The molecule has 2 heterocycles. The summed E-state index contributed by atoms with van der Waals surface area (Å²) in [6, 6.07) is 15.5. The number of nitrogens with zero attached hydrogens (tertiary/aromatic N) is 3. The van der Waals surface area contributed by atoms with Crippen LogP contribution in [0.2, 0.25) is 0 Å². The highest BCUT2D eigenvalue weighted by molar-refractivity contribution is 7.98. The monoisotopic (exact) mass is 369 g/mol. The first kappa shape index (κ1) is 16.9. The standard InChI is InChI=1S/C20H23N3S2/c1-3-8-16(9-4-1)15-25-20-22-21-19(14-18-12-7-13-24-18)23(20)17-10-5-2-6-11-17/h1,3-4,7-9,12-13,17H,2,5-6,10-11,14-15H2. The van der Waals surface area contributed by atoms with Crippen molar-refractivity contribution in [1.82, 2.24) is 14.8 Å². The summed E-state index contributed by atoms with van der Waals surface area (Å²) in [4.78, 5) is 1.36. The van der Waals surface area contributed by atoms with Crippen molar-refractivity contribution in [3.8, 4) is 0 Å². The van der Waals surface area contributed by atoms with E-state index in [-0.39, 0.29) is 0 Å². The van der Waals surface area contributed by atoms with Crippen molar-refractivity contribution in [3.63, 3.8) is 0 Å². The Morgan fingerprint density at radius 1 is 1.00 bits per heavy atom. The average molecular weight is 370 g/mol. The topological polar surface area (TPSA) is 30.7 Å². The number of hydrogen-bond donors (Lipinski definition) is 0. The molecule has 25 heavy (non-hydrogen) atoms. The van der Waals surface area contributed by atoms with Gasteiger partial charge in [-0.25, -0.2) is 0 Å². The lowest BCUT2D eigenvalue weighted by Gasteiger charge is -2.25. The first-order chi connectivity index (χ1) is 12.4. The van der Waals surface area contributed by atoms with Gasteiger partial charge in [-0.3, -0.25) is 0 Å². The third kappa shape index (κ3) is 4.15. The molecular formula is C20H23N3S2. The Morgan fingerprint density at radius 3 is 2.60 bits per heavy atom. The predicted octanol–water partition coefficient (Wildman–Crippen LogP) is 5.73. The van der Waals surface area contributed by atoms with Crippen LogP contribution in [0.4, 0.5) is 0 Å². The Labute approximate surface area is 157 Å². The van der Waals surface area contributed by atoms with Gasteiger partial charge in [-0.1, -0.05) is 67.4 Å². The predicted molar refractivity (Wildman–Crippen MR) is 105 cm³/mol. The fourth-order valence-electron chi connectivity index (χ4n) is 3.52. The van der Waals surface area contributed by atoms with E-state index in [0.717, 1.165) is 23.2 Å². The molecule has 1 aliphatic rings. The minimum atomic E-state index is 0.567. The van der Waals surface area contributed by atoms with Gasteiger partial charge in [0, 0.05) is 23.1 Å². The average Bonchev–Trinajstić information content (AvgIpc) is 3.32. The normalized spacial score (nSPS) is 15.5. The molecule has 2 aromatic heterocycles. The van der Waals surface area contributed by atoms with Gasteiger partial charge in [0.25, 0.3) is 0 Å². The summed E-state index contributed by atoms with van der Waals surface area (Å²) in [6.07, 6.45) is 7.43. The molecule has 0 radical (unpaired) electrons. The smallest absolute Gasteiger partial charge is 0.191 e. The largest absolute Gasteiger partial charge is 0.303 e. The van der Waals surface area contributed by atoms with Crippen molar-refractivity contribution in [2.24, 2.45) is 0 Å². The molecule has 3 aromatic rings. The zero-order valence-electron chi connectivity index (χ0n) is 14.3. The quantitative estimate of drug-likeness (QED) is 0.520. The summed E-state index contributed by atoms with van der Waals surface area (Å²) in [6.45, 7) is 0. The molecule has 1 aliphatic carbocycles. The van der Waals surface area contributed by atoms with E-state index in [9.17, 15) is 0 Å². The number of thiophene rings is 1. The summed E-state index contributed by atoms with van der Waals surface area (Å²) < 4.78 is 2.45. The molecule has 0 N–H and O–H groups in total. The van der Waals surface area contributed by atoms with Gasteiger partial charge in [-0.05, 0) is 29.9 Å².